The highest BCUT2D eigenvalue weighted by atomic mass is 32.1. The molecule has 0 spiro atoms. The van der Waals surface area contributed by atoms with Crippen LogP contribution < -0.4 is 5.73 Å². The van der Waals surface area contributed by atoms with Crippen LogP contribution in [-0.4, -0.2) is 47.0 Å². The molecule has 2 heterocycles. The van der Waals surface area contributed by atoms with Gasteiger partial charge in [0.25, 0.3) is 0 Å². The van der Waals surface area contributed by atoms with Crippen LogP contribution in [0.4, 0.5) is 4.39 Å². The molecule has 5 heteroatoms. The lowest BCUT2D eigenvalue weighted by atomic mass is 9.99. The molecule has 2 fully saturated rings. The van der Waals surface area contributed by atoms with Crippen LogP contribution >= 0.6 is 12.2 Å². The normalized spacial score (nSPS) is 23.8. The minimum atomic E-state index is -0.330. The predicted molar refractivity (Wildman–Crippen MR) is 86.8 cm³/mol. The molecule has 1 aromatic carbocycles. The molecule has 3 nitrogen and oxygen atoms in total. The van der Waals surface area contributed by atoms with E-state index in [0.717, 1.165) is 31.7 Å². The highest BCUT2D eigenvalue weighted by Gasteiger charge is 2.28. The molecule has 1 atom stereocenters. The van der Waals surface area contributed by atoms with Crippen molar-refractivity contribution in [3.05, 3.63) is 35.1 Å². The Morgan fingerprint density at radius 2 is 2.14 bits per heavy atom. The molecule has 0 bridgehead atoms. The molecule has 0 saturated carbocycles. The van der Waals surface area contributed by atoms with Gasteiger partial charge in [-0.25, -0.2) is 4.39 Å². The van der Waals surface area contributed by atoms with Crippen molar-refractivity contribution in [1.82, 2.24) is 9.80 Å². The number of piperidine rings is 1. The van der Waals surface area contributed by atoms with Crippen LogP contribution in [0.25, 0.3) is 0 Å². The second-order valence-corrected chi connectivity index (χ2v) is 6.54. The number of rotatable bonds is 3. The zero-order valence-electron chi connectivity index (χ0n) is 12.2. The first-order valence-electron chi connectivity index (χ1n) is 7.68. The molecule has 0 aromatic heterocycles. The molecule has 3 rings (SSSR count). The third-order valence-corrected chi connectivity index (χ3v) is 4.84. The summed E-state index contributed by atoms with van der Waals surface area (Å²) in [5, 5.41) is 0. The van der Waals surface area contributed by atoms with Crippen LogP contribution in [-0.2, 0) is 6.54 Å². The van der Waals surface area contributed by atoms with Crippen LogP contribution in [0.5, 0.6) is 0 Å². The largest absolute Gasteiger partial charge is 0.389 e. The Labute approximate surface area is 130 Å². The molecular weight excluding hydrogens is 285 g/mol. The van der Waals surface area contributed by atoms with Crippen molar-refractivity contribution in [2.75, 3.05) is 26.2 Å². The van der Waals surface area contributed by atoms with Gasteiger partial charge >= 0.3 is 0 Å². The van der Waals surface area contributed by atoms with Gasteiger partial charge in [0, 0.05) is 37.8 Å². The van der Waals surface area contributed by atoms with Crippen molar-refractivity contribution in [1.29, 1.82) is 0 Å². The zero-order valence-corrected chi connectivity index (χ0v) is 13.0. The minimum Gasteiger partial charge on any atom is -0.389 e. The maximum atomic E-state index is 13.6. The lowest BCUT2D eigenvalue weighted by Gasteiger charge is -2.44. The Hall–Kier alpha value is -1.04. The van der Waals surface area contributed by atoms with Crippen molar-refractivity contribution in [3.8, 4) is 0 Å². The summed E-state index contributed by atoms with van der Waals surface area (Å²) < 4.78 is 13.6. The molecule has 1 aromatic rings. The first-order chi connectivity index (χ1) is 10.1. The molecule has 1 unspecified atom stereocenters. The van der Waals surface area contributed by atoms with E-state index in [1.165, 1.54) is 31.9 Å². The third-order valence-electron chi connectivity index (χ3n) is 4.62. The van der Waals surface area contributed by atoms with E-state index in [1.807, 2.05) is 6.07 Å². The number of hydrogen-bond donors (Lipinski definition) is 1. The second-order valence-electron chi connectivity index (χ2n) is 6.10. The molecule has 0 amide bonds. The van der Waals surface area contributed by atoms with Crippen LogP contribution in [0, 0.1) is 5.82 Å². The molecule has 2 saturated heterocycles. The Kier molecular flexibility index (Phi) is 4.52. The number of fused-ring (bicyclic) bond motifs is 1. The first-order valence-corrected chi connectivity index (χ1v) is 8.09. The van der Waals surface area contributed by atoms with Gasteiger partial charge in [-0.05, 0) is 37.1 Å². The number of nitrogens with two attached hydrogens (primary N) is 1. The zero-order chi connectivity index (χ0) is 14.8. The number of benzene rings is 1. The van der Waals surface area contributed by atoms with Gasteiger partial charge in [0.05, 0.1) is 0 Å². The van der Waals surface area contributed by atoms with Gasteiger partial charge in [-0.15, -0.1) is 0 Å². The third kappa shape index (κ3) is 3.42. The van der Waals surface area contributed by atoms with Gasteiger partial charge in [0.1, 0.15) is 10.8 Å². The van der Waals surface area contributed by atoms with E-state index in [1.54, 1.807) is 6.07 Å². The van der Waals surface area contributed by atoms with E-state index in [0.29, 0.717) is 11.6 Å². The smallest absolute Gasteiger partial charge is 0.133 e. The van der Waals surface area contributed by atoms with Gasteiger partial charge in [0.2, 0.25) is 0 Å². The van der Waals surface area contributed by atoms with Crippen molar-refractivity contribution >= 4 is 17.2 Å². The van der Waals surface area contributed by atoms with Gasteiger partial charge in [-0.3, -0.25) is 9.80 Å². The maximum Gasteiger partial charge on any atom is 0.133 e. The molecule has 0 radical (unpaired) electrons. The number of thiocarbonyl (C=S) groups is 1. The van der Waals surface area contributed by atoms with E-state index in [9.17, 15) is 4.39 Å². The summed E-state index contributed by atoms with van der Waals surface area (Å²) in [6, 6.07) is 5.80. The van der Waals surface area contributed by atoms with Gasteiger partial charge in [-0.1, -0.05) is 24.7 Å². The summed E-state index contributed by atoms with van der Waals surface area (Å²) >= 11 is 4.91. The number of piperazine rings is 1. The summed E-state index contributed by atoms with van der Waals surface area (Å²) in [4.78, 5) is 5.21. The minimum absolute atomic E-state index is 0.131. The van der Waals surface area contributed by atoms with Crippen LogP contribution in [0.2, 0.25) is 0 Å². The quantitative estimate of drug-likeness (QED) is 0.867. The Morgan fingerprint density at radius 3 is 2.95 bits per heavy atom. The Balaban J connectivity index is 1.66. The lowest BCUT2D eigenvalue weighted by Crippen LogP contribution is -2.54. The molecule has 21 heavy (non-hydrogen) atoms. The summed E-state index contributed by atoms with van der Waals surface area (Å²) in [6.07, 6.45) is 3.99. The summed E-state index contributed by atoms with van der Waals surface area (Å²) in [5.74, 6) is -0.330. The van der Waals surface area contributed by atoms with Crippen LogP contribution in [0.15, 0.2) is 18.2 Å². The topological polar surface area (TPSA) is 32.5 Å². The maximum absolute atomic E-state index is 13.6. The fourth-order valence-corrected chi connectivity index (χ4v) is 3.64. The average molecular weight is 307 g/mol. The Morgan fingerprint density at radius 1 is 1.29 bits per heavy atom. The fourth-order valence-electron chi connectivity index (χ4n) is 3.48. The SMILES string of the molecule is NC(=S)c1cc(CN2CCN3CCCCC3C2)ccc1F. The van der Waals surface area contributed by atoms with Gasteiger partial charge in [0.15, 0.2) is 0 Å². The van der Waals surface area contributed by atoms with Crippen molar-refractivity contribution < 1.29 is 4.39 Å². The predicted octanol–water partition coefficient (Wildman–Crippen LogP) is 2.13. The Bertz CT molecular complexity index is 534. The molecule has 114 valence electrons. The van der Waals surface area contributed by atoms with Crippen molar-refractivity contribution in [2.24, 2.45) is 5.73 Å². The second kappa shape index (κ2) is 6.38. The lowest BCUT2D eigenvalue weighted by molar-refractivity contribution is 0.0457. The number of halogens is 1. The highest BCUT2D eigenvalue weighted by Crippen LogP contribution is 2.22. The molecule has 2 N–H and O–H groups in total. The van der Waals surface area contributed by atoms with Gasteiger partial charge in [-0.2, -0.15) is 0 Å². The van der Waals surface area contributed by atoms with Gasteiger partial charge < -0.3 is 5.73 Å². The van der Waals surface area contributed by atoms with E-state index < -0.39 is 0 Å². The number of nitrogens with zero attached hydrogens (tertiary/aromatic N) is 2. The van der Waals surface area contributed by atoms with E-state index >= 15 is 0 Å². The molecule has 0 aliphatic carbocycles. The first kappa shape index (κ1) is 14.9. The standard InChI is InChI=1S/C16H22FN3S/c17-15-5-4-12(9-14(15)16(18)21)10-19-7-8-20-6-2-1-3-13(20)11-19/h4-5,9,13H,1-3,6-8,10-11H2,(H2,18,21). The average Bonchev–Trinajstić information content (AvgIpc) is 2.49. The van der Waals surface area contributed by atoms with Crippen molar-refractivity contribution in [2.45, 2.75) is 31.8 Å². The van der Waals surface area contributed by atoms with Crippen LogP contribution in [0.1, 0.15) is 30.4 Å². The monoisotopic (exact) mass is 307 g/mol. The molecule has 2 aliphatic heterocycles. The summed E-state index contributed by atoms with van der Waals surface area (Å²) in [7, 11) is 0. The van der Waals surface area contributed by atoms with Crippen LogP contribution in [0.3, 0.4) is 0 Å². The van der Waals surface area contributed by atoms with Crippen molar-refractivity contribution in [3.63, 3.8) is 0 Å². The molecular formula is C16H22FN3S. The van der Waals surface area contributed by atoms with E-state index in [2.05, 4.69) is 9.80 Å². The summed E-state index contributed by atoms with van der Waals surface area (Å²) in [5.41, 5.74) is 7.02. The molecule has 2 aliphatic rings. The fraction of sp³-hybridized carbons (Fsp3) is 0.562. The number of hydrogen-bond acceptors (Lipinski definition) is 3. The summed E-state index contributed by atoms with van der Waals surface area (Å²) in [6.45, 7) is 5.44. The highest BCUT2D eigenvalue weighted by molar-refractivity contribution is 7.80. The van der Waals surface area contributed by atoms with E-state index in [-0.39, 0.29) is 10.8 Å². The van der Waals surface area contributed by atoms with E-state index in [4.69, 9.17) is 18.0 Å².